The first-order valence-electron chi connectivity index (χ1n) is 7.71. The van der Waals surface area contributed by atoms with Gasteiger partial charge in [0.1, 0.15) is 5.75 Å². The molecule has 0 saturated carbocycles. The molecule has 0 aromatic heterocycles. The molecule has 2 aromatic rings. The second-order valence-corrected chi connectivity index (χ2v) is 5.09. The number of guanidine groups is 1. The van der Waals surface area contributed by atoms with E-state index in [9.17, 15) is 4.79 Å². The Morgan fingerprint density at radius 2 is 2.00 bits per heavy atom. The second kappa shape index (κ2) is 8.57. The molecule has 0 fully saturated rings. The Hall–Kier alpha value is -3.02. The van der Waals surface area contributed by atoms with Crippen molar-refractivity contribution in [2.24, 2.45) is 10.7 Å². The fourth-order valence-corrected chi connectivity index (χ4v) is 2.18. The molecule has 6 nitrogen and oxygen atoms in total. The van der Waals surface area contributed by atoms with Gasteiger partial charge in [-0.2, -0.15) is 0 Å². The van der Waals surface area contributed by atoms with Crippen molar-refractivity contribution >= 4 is 17.6 Å². The molecule has 0 aliphatic heterocycles. The smallest absolute Gasteiger partial charge is 0.251 e. The van der Waals surface area contributed by atoms with Crippen molar-refractivity contribution < 1.29 is 9.53 Å². The number of methoxy groups -OCH3 is 1. The highest BCUT2D eigenvalue weighted by molar-refractivity contribution is 5.94. The summed E-state index contributed by atoms with van der Waals surface area (Å²) < 4.78 is 5.26. The third kappa shape index (κ3) is 4.74. The number of carbonyl (C=O) groups is 1. The van der Waals surface area contributed by atoms with Gasteiger partial charge in [0.15, 0.2) is 5.96 Å². The molecule has 0 bridgehead atoms. The quantitative estimate of drug-likeness (QED) is 0.562. The number of nitrogens with two attached hydrogens (primary N) is 1. The number of rotatable bonds is 6. The van der Waals surface area contributed by atoms with Crippen LogP contribution in [0.15, 0.2) is 53.5 Å². The molecule has 2 rings (SSSR count). The maximum absolute atomic E-state index is 11.8. The number of hydrogen-bond donors (Lipinski definition) is 3. The molecule has 0 unspecified atom stereocenters. The number of aliphatic imine (C=N–C) groups is 1. The van der Waals surface area contributed by atoms with Crippen molar-refractivity contribution in [3.05, 3.63) is 59.7 Å². The molecule has 0 aliphatic rings. The zero-order valence-corrected chi connectivity index (χ0v) is 13.9. The highest BCUT2D eigenvalue weighted by atomic mass is 16.5. The number of ether oxygens (including phenoxy) is 1. The summed E-state index contributed by atoms with van der Waals surface area (Å²) >= 11 is 0. The fraction of sp³-hybridized carbons (Fsp3) is 0.222. The third-order valence-electron chi connectivity index (χ3n) is 3.33. The van der Waals surface area contributed by atoms with Gasteiger partial charge in [-0.3, -0.25) is 4.79 Å². The number of nitrogens with one attached hydrogen (secondary N) is 2. The first-order valence-corrected chi connectivity index (χ1v) is 7.71. The molecule has 0 spiro atoms. The molecule has 0 atom stereocenters. The maximum Gasteiger partial charge on any atom is 0.251 e. The van der Waals surface area contributed by atoms with Crippen LogP contribution in [0.2, 0.25) is 0 Å². The average molecular weight is 326 g/mol. The van der Waals surface area contributed by atoms with E-state index in [1.807, 2.05) is 49.4 Å². The van der Waals surface area contributed by atoms with Crippen LogP contribution in [0.25, 0.3) is 0 Å². The third-order valence-corrected chi connectivity index (χ3v) is 3.33. The Labute approximate surface area is 141 Å². The van der Waals surface area contributed by atoms with E-state index >= 15 is 0 Å². The van der Waals surface area contributed by atoms with Crippen molar-refractivity contribution in [2.75, 3.05) is 19.0 Å². The van der Waals surface area contributed by atoms with E-state index in [4.69, 9.17) is 10.5 Å². The van der Waals surface area contributed by atoms with Crippen molar-refractivity contribution in [3.63, 3.8) is 0 Å². The van der Waals surface area contributed by atoms with Gasteiger partial charge in [-0.1, -0.05) is 24.3 Å². The lowest BCUT2D eigenvalue weighted by Gasteiger charge is -2.10. The molecule has 2 aromatic carbocycles. The minimum Gasteiger partial charge on any atom is -0.495 e. The van der Waals surface area contributed by atoms with Gasteiger partial charge in [0.2, 0.25) is 0 Å². The van der Waals surface area contributed by atoms with Gasteiger partial charge in [0.25, 0.3) is 5.91 Å². The molecule has 0 radical (unpaired) electrons. The van der Waals surface area contributed by atoms with Crippen LogP contribution in [-0.4, -0.2) is 25.5 Å². The first-order chi connectivity index (χ1) is 11.6. The summed E-state index contributed by atoms with van der Waals surface area (Å²) in [6.45, 7) is 2.86. The summed E-state index contributed by atoms with van der Waals surface area (Å²) in [5.74, 6) is 0.875. The van der Waals surface area contributed by atoms with E-state index in [2.05, 4.69) is 15.6 Å². The molecule has 4 N–H and O–H groups in total. The largest absolute Gasteiger partial charge is 0.495 e. The predicted molar refractivity (Wildman–Crippen MR) is 96.4 cm³/mol. The Morgan fingerprint density at radius 1 is 1.21 bits per heavy atom. The van der Waals surface area contributed by atoms with Crippen LogP contribution in [0, 0.1) is 0 Å². The number of carbonyl (C=O) groups excluding carboxylic acids is 1. The number of benzene rings is 2. The van der Waals surface area contributed by atoms with Gasteiger partial charge in [-0.05, 0) is 36.8 Å². The minimum atomic E-state index is -0.0940. The topological polar surface area (TPSA) is 88.7 Å². The summed E-state index contributed by atoms with van der Waals surface area (Å²) in [5.41, 5.74) is 8.19. The number of anilines is 1. The molecule has 0 saturated heterocycles. The van der Waals surface area contributed by atoms with Crippen molar-refractivity contribution in [2.45, 2.75) is 13.5 Å². The molecule has 24 heavy (non-hydrogen) atoms. The van der Waals surface area contributed by atoms with Crippen LogP contribution < -0.4 is 21.1 Å². The SMILES string of the molecule is CCNC(=O)c1cccc(CN=C(N)Nc2ccccc2OC)c1. The summed E-state index contributed by atoms with van der Waals surface area (Å²) in [7, 11) is 1.60. The van der Waals surface area contributed by atoms with Crippen LogP contribution >= 0.6 is 0 Å². The monoisotopic (exact) mass is 326 g/mol. The molecule has 6 heteroatoms. The van der Waals surface area contributed by atoms with Crippen LogP contribution in [0.1, 0.15) is 22.8 Å². The van der Waals surface area contributed by atoms with E-state index in [-0.39, 0.29) is 11.9 Å². The lowest BCUT2D eigenvalue weighted by atomic mass is 10.1. The zero-order valence-electron chi connectivity index (χ0n) is 13.9. The second-order valence-electron chi connectivity index (χ2n) is 5.09. The molecule has 0 aliphatic carbocycles. The molecule has 1 amide bonds. The molecular formula is C18H22N4O2. The highest BCUT2D eigenvalue weighted by Crippen LogP contribution is 2.22. The normalized spacial score (nSPS) is 11.0. The molecule has 126 valence electrons. The number of hydrogen-bond acceptors (Lipinski definition) is 3. The van der Waals surface area contributed by atoms with Gasteiger partial charge >= 0.3 is 0 Å². The Balaban J connectivity index is 2.04. The first kappa shape index (κ1) is 17.3. The number of para-hydroxylation sites is 2. The van der Waals surface area contributed by atoms with E-state index in [1.165, 1.54) is 0 Å². The van der Waals surface area contributed by atoms with Crippen LogP contribution in [0.5, 0.6) is 5.75 Å². The van der Waals surface area contributed by atoms with Crippen LogP contribution in [0.4, 0.5) is 5.69 Å². The van der Waals surface area contributed by atoms with Gasteiger partial charge in [-0.15, -0.1) is 0 Å². The van der Waals surface area contributed by atoms with Crippen LogP contribution in [-0.2, 0) is 6.54 Å². The van der Waals surface area contributed by atoms with Gasteiger partial charge in [0, 0.05) is 12.1 Å². The summed E-state index contributed by atoms with van der Waals surface area (Å²) in [5, 5.41) is 5.79. The van der Waals surface area contributed by atoms with Gasteiger partial charge in [0.05, 0.1) is 19.3 Å². The number of amides is 1. The maximum atomic E-state index is 11.8. The van der Waals surface area contributed by atoms with Crippen molar-refractivity contribution in [1.82, 2.24) is 5.32 Å². The van der Waals surface area contributed by atoms with Crippen molar-refractivity contribution in [3.8, 4) is 5.75 Å². The van der Waals surface area contributed by atoms with Gasteiger partial charge in [-0.25, -0.2) is 4.99 Å². The van der Waals surface area contributed by atoms with Crippen LogP contribution in [0.3, 0.4) is 0 Å². The highest BCUT2D eigenvalue weighted by Gasteiger charge is 2.05. The summed E-state index contributed by atoms with van der Waals surface area (Å²) in [6, 6.07) is 14.8. The zero-order chi connectivity index (χ0) is 17.4. The summed E-state index contributed by atoms with van der Waals surface area (Å²) in [4.78, 5) is 16.2. The Bertz CT molecular complexity index is 728. The minimum absolute atomic E-state index is 0.0940. The average Bonchev–Trinajstić information content (AvgIpc) is 2.61. The van der Waals surface area contributed by atoms with Crippen molar-refractivity contribution in [1.29, 1.82) is 0 Å². The van der Waals surface area contributed by atoms with E-state index in [1.54, 1.807) is 13.2 Å². The summed E-state index contributed by atoms with van der Waals surface area (Å²) in [6.07, 6.45) is 0. The predicted octanol–water partition coefficient (Wildman–Crippen LogP) is 2.37. The molecular weight excluding hydrogens is 304 g/mol. The van der Waals surface area contributed by atoms with E-state index < -0.39 is 0 Å². The lowest BCUT2D eigenvalue weighted by molar-refractivity contribution is 0.0955. The molecule has 0 heterocycles. The standard InChI is InChI=1S/C18H22N4O2/c1-3-20-17(23)14-8-6-7-13(11-14)12-21-18(19)22-15-9-4-5-10-16(15)24-2/h4-11H,3,12H2,1-2H3,(H,20,23)(H3,19,21,22). The fourth-order valence-electron chi connectivity index (χ4n) is 2.18. The Kier molecular flexibility index (Phi) is 6.19. The van der Waals surface area contributed by atoms with Gasteiger partial charge < -0.3 is 21.1 Å². The van der Waals surface area contributed by atoms with E-state index in [0.717, 1.165) is 11.3 Å². The lowest BCUT2D eigenvalue weighted by Crippen LogP contribution is -2.23. The van der Waals surface area contributed by atoms with E-state index in [0.29, 0.717) is 24.4 Å². The Morgan fingerprint density at radius 3 is 2.75 bits per heavy atom. The number of nitrogens with zero attached hydrogens (tertiary/aromatic N) is 1.